The number of hydrogen-bond acceptors (Lipinski definition) is 4. The van der Waals surface area contributed by atoms with Gasteiger partial charge in [0.05, 0.1) is 10.6 Å². The molecule has 0 bridgehead atoms. The van der Waals surface area contributed by atoms with Gasteiger partial charge in [-0.3, -0.25) is 9.59 Å². The normalized spacial score (nSPS) is 17.3. The van der Waals surface area contributed by atoms with Gasteiger partial charge < -0.3 is 15.1 Å². The van der Waals surface area contributed by atoms with Gasteiger partial charge in [-0.05, 0) is 50.8 Å². The highest BCUT2D eigenvalue weighted by Crippen LogP contribution is 2.34. The Hall–Kier alpha value is -2.60. The lowest BCUT2D eigenvalue weighted by Crippen LogP contribution is -2.49. The summed E-state index contributed by atoms with van der Waals surface area (Å²) in [7, 11) is 0. The zero-order chi connectivity index (χ0) is 21.3. The molecule has 1 N–H and O–H groups in total. The minimum Gasteiger partial charge on any atom is -0.355 e. The summed E-state index contributed by atoms with van der Waals surface area (Å²) in [5.74, 6) is 0.734. The molecule has 2 aromatic rings. The standard InChI is InChI=1S/C23H27ClN4O2/c1-15(2)26-23(30)17-13-19(24)22(25-14-17)27-11-9-18(10-12-27)28-20-6-4-3-5-16(20)7-8-21(28)29/h3-6,13-15,18H,7-12H2,1-2H3,(H,26,30). The number of amides is 2. The zero-order valence-corrected chi connectivity index (χ0v) is 18.2. The van der Waals surface area contributed by atoms with E-state index in [4.69, 9.17) is 11.6 Å². The molecule has 158 valence electrons. The summed E-state index contributed by atoms with van der Waals surface area (Å²) in [4.78, 5) is 33.5. The van der Waals surface area contributed by atoms with Gasteiger partial charge in [0, 0.05) is 43.5 Å². The van der Waals surface area contributed by atoms with Crippen molar-refractivity contribution in [1.29, 1.82) is 0 Å². The Balaban J connectivity index is 1.45. The predicted molar refractivity (Wildman–Crippen MR) is 119 cm³/mol. The van der Waals surface area contributed by atoms with E-state index in [1.165, 1.54) is 5.56 Å². The molecule has 0 unspecified atom stereocenters. The second kappa shape index (κ2) is 8.64. The summed E-state index contributed by atoms with van der Waals surface area (Å²) < 4.78 is 0. The molecule has 0 spiro atoms. The van der Waals surface area contributed by atoms with E-state index in [1.54, 1.807) is 12.3 Å². The van der Waals surface area contributed by atoms with Gasteiger partial charge in [0.15, 0.2) is 0 Å². The third-order valence-electron chi connectivity index (χ3n) is 5.76. The van der Waals surface area contributed by atoms with E-state index in [1.807, 2.05) is 30.9 Å². The van der Waals surface area contributed by atoms with E-state index < -0.39 is 0 Å². The van der Waals surface area contributed by atoms with Gasteiger partial charge in [-0.15, -0.1) is 0 Å². The van der Waals surface area contributed by atoms with Crippen LogP contribution in [0.15, 0.2) is 36.5 Å². The highest BCUT2D eigenvalue weighted by molar-refractivity contribution is 6.33. The SMILES string of the molecule is CC(C)NC(=O)c1cnc(N2CCC(N3C(=O)CCc4ccccc43)CC2)c(Cl)c1. The van der Waals surface area contributed by atoms with Crippen molar-refractivity contribution in [2.75, 3.05) is 22.9 Å². The van der Waals surface area contributed by atoms with Crippen molar-refractivity contribution >= 4 is 34.9 Å². The van der Waals surface area contributed by atoms with Crippen LogP contribution in [0.4, 0.5) is 11.5 Å². The van der Waals surface area contributed by atoms with Crippen LogP contribution >= 0.6 is 11.6 Å². The van der Waals surface area contributed by atoms with Crippen LogP contribution in [0.25, 0.3) is 0 Å². The Morgan fingerprint density at radius 2 is 1.93 bits per heavy atom. The van der Waals surface area contributed by atoms with Crippen molar-refractivity contribution in [3.05, 3.63) is 52.7 Å². The highest BCUT2D eigenvalue weighted by atomic mass is 35.5. The van der Waals surface area contributed by atoms with Crippen LogP contribution in [0.5, 0.6) is 0 Å². The molecule has 1 fully saturated rings. The van der Waals surface area contributed by atoms with Crippen molar-refractivity contribution in [3.8, 4) is 0 Å². The Morgan fingerprint density at radius 1 is 1.20 bits per heavy atom. The number of pyridine rings is 1. The molecule has 30 heavy (non-hydrogen) atoms. The molecule has 2 aliphatic rings. The molecule has 0 atom stereocenters. The number of hydrogen-bond donors (Lipinski definition) is 1. The number of benzene rings is 1. The molecule has 0 saturated carbocycles. The van der Waals surface area contributed by atoms with Crippen LogP contribution in [-0.2, 0) is 11.2 Å². The van der Waals surface area contributed by atoms with Crippen LogP contribution in [-0.4, -0.2) is 42.0 Å². The number of aromatic nitrogens is 1. The number of carbonyl (C=O) groups excluding carboxylic acids is 2. The number of halogens is 1. The van der Waals surface area contributed by atoms with Gasteiger partial charge in [-0.1, -0.05) is 29.8 Å². The van der Waals surface area contributed by atoms with Crippen molar-refractivity contribution in [1.82, 2.24) is 10.3 Å². The molecular weight excluding hydrogens is 400 g/mol. The van der Waals surface area contributed by atoms with Crippen LogP contribution in [0, 0.1) is 0 Å². The zero-order valence-electron chi connectivity index (χ0n) is 17.4. The summed E-state index contributed by atoms with van der Waals surface area (Å²) in [6, 6.07) is 10.1. The topological polar surface area (TPSA) is 65.5 Å². The van der Waals surface area contributed by atoms with Crippen molar-refractivity contribution in [2.24, 2.45) is 0 Å². The summed E-state index contributed by atoms with van der Waals surface area (Å²) in [6.45, 7) is 5.36. The molecule has 0 radical (unpaired) electrons. The van der Waals surface area contributed by atoms with Gasteiger partial charge >= 0.3 is 0 Å². The van der Waals surface area contributed by atoms with E-state index in [9.17, 15) is 9.59 Å². The van der Waals surface area contributed by atoms with E-state index in [0.717, 1.165) is 38.0 Å². The molecule has 3 heterocycles. The number of carbonyl (C=O) groups is 2. The van der Waals surface area contributed by atoms with Gasteiger partial charge in [-0.25, -0.2) is 4.98 Å². The molecule has 1 aromatic heterocycles. The average molecular weight is 427 g/mol. The second-order valence-corrected chi connectivity index (χ2v) is 8.68. The van der Waals surface area contributed by atoms with E-state index >= 15 is 0 Å². The van der Waals surface area contributed by atoms with Crippen molar-refractivity contribution < 1.29 is 9.59 Å². The lowest BCUT2D eigenvalue weighted by atomic mass is 9.95. The monoisotopic (exact) mass is 426 g/mol. The number of nitrogens with zero attached hydrogens (tertiary/aromatic N) is 3. The van der Waals surface area contributed by atoms with Crippen molar-refractivity contribution in [3.63, 3.8) is 0 Å². The Bertz CT molecular complexity index is 954. The van der Waals surface area contributed by atoms with E-state index in [0.29, 0.717) is 22.8 Å². The number of nitrogens with one attached hydrogen (secondary N) is 1. The van der Waals surface area contributed by atoms with Crippen LogP contribution in [0.2, 0.25) is 5.02 Å². The van der Waals surface area contributed by atoms with E-state index in [-0.39, 0.29) is 23.9 Å². The number of para-hydroxylation sites is 1. The minimum absolute atomic E-state index is 0.0533. The lowest BCUT2D eigenvalue weighted by Gasteiger charge is -2.41. The quantitative estimate of drug-likeness (QED) is 0.807. The minimum atomic E-state index is -0.174. The van der Waals surface area contributed by atoms with Gasteiger partial charge in [0.25, 0.3) is 5.91 Å². The second-order valence-electron chi connectivity index (χ2n) is 8.27. The fourth-order valence-corrected chi connectivity index (χ4v) is 4.61. The number of rotatable bonds is 4. The molecule has 1 saturated heterocycles. The number of fused-ring (bicyclic) bond motifs is 1. The van der Waals surface area contributed by atoms with Gasteiger partial charge in [0.2, 0.25) is 5.91 Å². The first-order chi connectivity index (χ1) is 14.4. The molecular formula is C23H27ClN4O2. The molecule has 6 nitrogen and oxygen atoms in total. The maximum Gasteiger partial charge on any atom is 0.253 e. The molecule has 7 heteroatoms. The highest BCUT2D eigenvalue weighted by Gasteiger charge is 2.33. The molecule has 0 aliphatic carbocycles. The number of anilines is 2. The predicted octanol–water partition coefficient (Wildman–Crippen LogP) is 3.82. The fraction of sp³-hybridized carbons (Fsp3) is 0.435. The van der Waals surface area contributed by atoms with Crippen LogP contribution in [0.1, 0.15) is 49.0 Å². The summed E-state index contributed by atoms with van der Waals surface area (Å²) in [6.07, 6.45) is 4.68. The smallest absolute Gasteiger partial charge is 0.253 e. The Kier molecular flexibility index (Phi) is 5.95. The van der Waals surface area contributed by atoms with Crippen molar-refractivity contribution in [2.45, 2.75) is 51.6 Å². The maximum atomic E-state index is 12.7. The molecule has 2 aliphatic heterocycles. The first-order valence-electron chi connectivity index (χ1n) is 10.6. The summed E-state index contributed by atoms with van der Waals surface area (Å²) in [5, 5.41) is 3.33. The fourth-order valence-electron chi connectivity index (χ4n) is 4.32. The Morgan fingerprint density at radius 3 is 2.63 bits per heavy atom. The van der Waals surface area contributed by atoms with Crippen LogP contribution < -0.4 is 15.1 Å². The Labute approximate surface area is 182 Å². The van der Waals surface area contributed by atoms with E-state index in [2.05, 4.69) is 27.3 Å². The third-order valence-corrected chi connectivity index (χ3v) is 6.04. The third kappa shape index (κ3) is 4.15. The van der Waals surface area contributed by atoms with Gasteiger partial charge in [0.1, 0.15) is 5.82 Å². The first kappa shape index (κ1) is 20.7. The molecule has 2 amide bonds. The lowest BCUT2D eigenvalue weighted by molar-refractivity contribution is -0.119. The van der Waals surface area contributed by atoms with Crippen LogP contribution in [0.3, 0.4) is 0 Å². The molecule has 4 rings (SSSR count). The molecule has 1 aromatic carbocycles. The largest absolute Gasteiger partial charge is 0.355 e. The number of piperidine rings is 1. The average Bonchev–Trinajstić information content (AvgIpc) is 2.73. The first-order valence-corrected chi connectivity index (χ1v) is 10.9. The summed E-state index contributed by atoms with van der Waals surface area (Å²) >= 11 is 6.47. The maximum absolute atomic E-state index is 12.7. The summed E-state index contributed by atoms with van der Waals surface area (Å²) in [5.41, 5.74) is 2.77. The number of aryl methyl sites for hydroxylation is 1. The van der Waals surface area contributed by atoms with Gasteiger partial charge in [-0.2, -0.15) is 0 Å².